The average Bonchev–Trinajstić information content (AvgIpc) is 2.83. The van der Waals surface area contributed by atoms with E-state index in [-0.39, 0.29) is 6.01 Å². The van der Waals surface area contributed by atoms with E-state index in [1.165, 1.54) is 0 Å². The minimum Gasteiger partial charge on any atom is -0.496 e. The number of nitrogens with zero attached hydrogens (tertiary/aromatic N) is 1. The first-order valence-corrected chi connectivity index (χ1v) is 5.56. The number of ether oxygens (including phenoxy) is 1. The van der Waals surface area contributed by atoms with Gasteiger partial charge in [0.25, 0.3) is 6.01 Å². The van der Waals surface area contributed by atoms with E-state index in [9.17, 15) is 0 Å². The minimum atomic E-state index is 0.153. The Morgan fingerprint density at radius 2 is 2.00 bits per heavy atom. The van der Waals surface area contributed by atoms with Crippen LogP contribution in [-0.2, 0) is 0 Å². The van der Waals surface area contributed by atoms with Gasteiger partial charge in [0.2, 0.25) is 0 Å². The van der Waals surface area contributed by atoms with E-state index in [4.69, 9.17) is 14.9 Å². The minimum absolute atomic E-state index is 0.153. The lowest BCUT2D eigenvalue weighted by molar-refractivity contribution is 0.417. The lowest BCUT2D eigenvalue weighted by Crippen LogP contribution is -1.90. The fourth-order valence-corrected chi connectivity index (χ4v) is 2.09. The molecule has 18 heavy (non-hydrogen) atoms. The smallest absolute Gasteiger partial charge is 0.292 e. The van der Waals surface area contributed by atoms with E-state index in [2.05, 4.69) is 4.98 Å². The summed E-state index contributed by atoms with van der Waals surface area (Å²) in [6.07, 6.45) is 1.54. The molecule has 2 N–H and O–H groups in total. The third kappa shape index (κ3) is 1.59. The molecule has 90 valence electrons. The van der Waals surface area contributed by atoms with Crippen LogP contribution in [-0.4, -0.2) is 12.1 Å². The van der Waals surface area contributed by atoms with Crippen molar-refractivity contribution in [2.45, 2.75) is 0 Å². The summed E-state index contributed by atoms with van der Waals surface area (Å²) in [7, 11) is 1.64. The molecule has 1 aromatic heterocycles. The van der Waals surface area contributed by atoms with Crippen LogP contribution < -0.4 is 10.5 Å². The van der Waals surface area contributed by atoms with Gasteiger partial charge in [-0.2, -0.15) is 4.98 Å². The van der Waals surface area contributed by atoms with Gasteiger partial charge in [0.05, 0.1) is 12.7 Å². The van der Waals surface area contributed by atoms with Crippen LogP contribution in [0.15, 0.2) is 47.1 Å². The standard InChI is InChI=1S/C14H12N2O2/c1-17-12-7-6-9-4-2-3-5-10(9)13(12)11-8-18-14(15)16-11/h2-8H,1H3,(H2,15,16). The van der Waals surface area contributed by atoms with E-state index in [1.807, 2.05) is 36.4 Å². The largest absolute Gasteiger partial charge is 0.496 e. The molecular formula is C14H12N2O2. The number of nitrogens with two attached hydrogens (primary N) is 1. The Hall–Kier alpha value is -2.49. The van der Waals surface area contributed by atoms with E-state index < -0.39 is 0 Å². The summed E-state index contributed by atoms with van der Waals surface area (Å²) in [5.41, 5.74) is 7.11. The van der Waals surface area contributed by atoms with Crippen LogP contribution in [0.5, 0.6) is 5.75 Å². The molecule has 0 spiro atoms. The molecule has 0 aliphatic rings. The Morgan fingerprint density at radius 1 is 1.17 bits per heavy atom. The number of hydrogen-bond donors (Lipinski definition) is 1. The van der Waals surface area contributed by atoms with Crippen LogP contribution in [0.4, 0.5) is 6.01 Å². The lowest BCUT2D eigenvalue weighted by Gasteiger charge is -2.09. The number of benzene rings is 2. The highest BCUT2D eigenvalue weighted by atomic mass is 16.5. The molecule has 0 aliphatic heterocycles. The van der Waals surface area contributed by atoms with E-state index in [0.29, 0.717) is 5.69 Å². The summed E-state index contributed by atoms with van der Waals surface area (Å²) in [5.74, 6) is 0.752. The quantitative estimate of drug-likeness (QED) is 0.747. The summed E-state index contributed by atoms with van der Waals surface area (Å²) in [6, 6.07) is 12.1. The molecule has 0 saturated heterocycles. The van der Waals surface area contributed by atoms with Crippen molar-refractivity contribution in [1.29, 1.82) is 0 Å². The van der Waals surface area contributed by atoms with Crippen LogP contribution >= 0.6 is 0 Å². The maximum absolute atomic E-state index is 5.53. The second kappa shape index (κ2) is 4.07. The fraction of sp³-hybridized carbons (Fsp3) is 0.0714. The van der Waals surface area contributed by atoms with Crippen LogP contribution in [0.25, 0.3) is 22.0 Å². The number of fused-ring (bicyclic) bond motifs is 1. The number of methoxy groups -OCH3 is 1. The number of nitrogen functional groups attached to an aromatic ring is 1. The normalized spacial score (nSPS) is 10.7. The van der Waals surface area contributed by atoms with Crippen molar-refractivity contribution >= 4 is 16.8 Å². The Morgan fingerprint density at radius 3 is 2.72 bits per heavy atom. The summed E-state index contributed by atoms with van der Waals surface area (Å²) < 4.78 is 10.5. The lowest BCUT2D eigenvalue weighted by atomic mass is 10.0. The summed E-state index contributed by atoms with van der Waals surface area (Å²) >= 11 is 0. The van der Waals surface area contributed by atoms with Crippen molar-refractivity contribution in [3.05, 3.63) is 42.7 Å². The highest BCUT2D eigenvalue weighted by molar-refractivity contribution is 5.98. The van der Waals surface area contributed by atoms with Gasteiger partial charge in [0, 0.05) is 0 Å². The van der Waals surface area contributed by atoms with Gasteiger partial charge in [-0.1, -0.05) is 30.3 Å². The Bertz CT molecular complexity index is 704. The van der Waals surface area contributed by atoms with E-state index in [1.54, 1.807) is 13.4 Å². The maximum Gasteiger partial charge on any atom is 0.292 e. The Balaban J connectivity index is 2.37. The number of oxazole rings is 1. The predicted molar refractivity (Wildman–Crippen MR) is 70.4 cm³/mol. The Labute approximate surface area is 104 Å². The van der Waals surface area contributed by atoms with E-state index >= 15 is 0 Å². The van der Waals surface area contributed by atoms with Gasteiger partial charge in [0.15, 0.2) is 0 Å². The van der Waals surface area contributed by atoms with Gasteiger partial charge in [-0.15, -0.1) is 0 Å². The summed E-state index contributed by atoms with van der Waals surface area (Å²) in [6.45, 7) is 0. The summed E-state index contributed by atoms with van der Waals surface area (Å²) in [5, 5.41) is 2.18. The molecule has 0 bridgehead atoms. The molecule has 0 saturated carbocycles. The zero-order valence-electron chi connectivity index (χ0n) is 9.88. The van der Waals surface area contributed by atoms with Gasteiger partial charge < -0.3 is 14.9 Å². The highest BCUT2D eigenvalue weighted by Gasteiger charge is 2.13. The molecule has 0 amide bonds. The molecule has 0 aliphatic carbocycles. The molecule has 3 aromatic rings. The predicted octanol–water partition coefficient (Wildman–Crippen LogP) is 3.09. The van der Waals surface area contributed by atoms with Crippen LogP contribution in [0.2, 0.25) is 0 Å². The summed E-state index contributed by atoms with van der Waals surface area (Å²) in [4.78, 5) is 4.17. The van der Waals surface area contributed by atoms with Crippen molar-refractivity contribution < 1.29 is 9.15 Å². The second-order valence-electron chi connectivity index (χ2n) is 3.93. The van der Waals surface area contributed by atoms with Crippen molar-refractivity contribution in [2.75, 3.05) is 12.8 Å². The molecular weight excluding hydrogens is 228 g/mol. The van der Waals surface area contributed by atoms with Gasteiger partial charge in [0.1, 0.15) is 17.7 Å². The number of aromatic nitrogens is 1. The van der Waals surface area contributed by atoms with Gasteiger partial charge in [-0.3, -0.25) is 0 Å². The van der Waals surface area contributed by atoms with Crippen LogP contribution in [0.1, 0.15) is 0 Å². The monoisotopic (exact) mass is 240 g/mol. The molecule has 4 nitrogen and oxygen atoms in total. The molecule has 2 aromatic carbocycles. The molecule has 0 unspecified atom stereocenters. The van der Waals surface area contributed by atoms with Gasteiger partial charge >= 0.3 is 0 Å². The molecule has 3 rings (SSSR count). The SMILES string of the molecule is COc1ccc2ccccc2c1-c1coc(N)n1. The molecule has 0 atom stereocenters. The fourth-order valence-electron chi connectivity index (χ4n) is 2.09. The van der Waals surface area contributed by atoms with Crippen molar-refractivity contribution in [3.63, 3.8) is 0 Å². The van der Waals surface area contributed by atoms with Crippen LogP contribution in [0, 0.1) is 0 Å². The van der Waals surface area contributed by atoms with Crippen LogP contribution in [0.3, 0.4) is 0 Å². The highest BCUT2D eigenvalue weighted by Crippen LogP contribution is 2.36. The number of rotatable bonds is 2. The number of anilines is 1. The molecule has 0 fully saturated rings. The zero-order valence-corrected chi connectivity index (χ0v) is 9.88. The third-order valence-corrected chi connectivity index (χ3v) is 2.89. The van der Waals surface area contributed by atoms with Gasteiger partial charge in [-0.25, -0.2) is 0 Å². The van der Waals surface area contributed by atoms with E-state index in [0.717, 1.165) is 22.1 Å². The first kappa shape index (κ1) is 10.7. The average molecular weight is 240 g/mol. The van der Waals surface area contributed by atoms with Crippen molar-refractivity contribution in [3.8, 4) is 17.0 Å². The zero-order chi connectivity index (χ0) is 12.5. The van der Waals surface area contributed by atoms with Crippen molar-refractivity contribution in [2.24, 2.45) is 0 Å². The van der Waals surface area contributed by atoms with Crippen molar-refractivity contribution in [1.82, 2.24) is 4.98 Å². The third-order valence-electron chi connectivity index (χ3n) is 2.89. The molecule has 4 heteroatoms. The Kier molecular flexibility index (Phi) is 2.41. The number of hydrogen-bond acceptors (Lipinski definition) is 4. The maximum atomic E-state index is 5.53. The first-order chi connectivity index (χ1) is 8.79. The molecule has 0 radical (unpaired) electrons. The topological polar surface area (TPSA) is 61.3 Å². The second-order valence-corrected chi connectivity index (χ2v) is 3.93. The first-order valence-electron chi connectivity index (χ1n) is 5.56. The van der Waals surface area contributed by atoms with Gasteiger partial charge in [-0.05, 0) is 16.8 Å². The molecule has 1 heterocycles.